The molecular weight excluding hydrogens is 399 g/mol. The fraction of sp³-hybridized carbons (Fsp3) is 0.286. The Morgan fingerprint density at radius 1 is 1.13 bits per heavy atom. The van der Waals surface area contributed by atoms with Crippen LogP contribution in [0.5, 0.6) is 0 Å². The summed E-state index contributed by atoms with van der Waals surface area (Å²) in [6.07, 6.45) is -4.59. The van der Waals surface area contributed by atoms with E-state index in [1.165, 1.54) is 19.1 Å². The summed E-state index contributed by atoms with van der Waals surface area (Å²) in [7, 11) is 0. The highest BCUT2D eigenvalue weighted by Crippen LogP contribution is 2.34. The minimum absolute atomic E-state index is 0.0203. The maximum atomic E-state index is 13.0. The summed E-state index contributed by atoms with van der Waals surface area (Å²) in [5.41, 5.74) is -0.315. The van der Waals surface area contributed by atoms with Crippen LogP contribution in [-0.2, 0) is 21.3 Å². The van der Waals surface area contributed by atoms with Gasteiger partial charge in [-0.3, -0.25) is 14.5 Å². The maximum Gasteiger partial charge on any atom is 0.416 e. The van der Waals surface area contributed by atoms with Gasteiger partial charge < -0.3 is 10.6 Å². The van der Waals surface area contributed by atoms with Gasteiger partial charge in [-0.15, -0.1) is 0 Å². The molecule has 158 valence electrons. The van der Waals surface area contributed by atoms with Gasteiger partial charge in [0.15, 0.2) is 0 Å². The van der Waals surface area contributed by atoms with Crippen LogP contribution in [-0.4, -0.2) is 29.3 Å². The Bertz CT molecular complexity index is 1040. The number of benzene rings is 2. The summed E-state index contributed by atoms with van der Waals surface area (Å²) >= 11 is 0. The number of halogens is 3. The molecule has 0 bridgehead atoms. The lowest BCUT2D eigenvalue weighted by Gasteiger charge is -2.23. The first-order valence-electron chi connectivity index (χ1n) is 9.11. The Kier molecular flexibility index (Phi) is 5.32. The number of hydrogen-bond donors (Lipinski definition) is 2. The van der Waals surface area contributed by atoms with Crippen molar-refractivity contribution in [3.8, 4) is 0 Å². The molecule has 0 unspecified atom stereocenters. The van der Waals surface area contributed by atoms with Crippen molar-refractivity contribution >= 4 is 23.5 Å². The quantitative estimate of drug-likeness (QED) is 0.742. The average Bonchev–Trinajstić information content (AvgIpc) is 2.89. The Balaban J connectivity index is 1.81. The van der Waals surface area contributed by atoms with Crippen molar-refractivity contribution in [1.29, 1.82) is 0 Å². The minimum atomic E-state index is -4.59. The highest BCUT2D eigenvalue weighted by Gasteiger charge is 2.50. The van der Waals surface area contributed by atoms with Crippen molar-refractivity contribution in [1.82, 2.24) is 10.2 Å². The zero-order valence-electron chi connectivity index (χ0n) is 16.6. The molecule has 2 aromatic carbocycles. The number of nitrogens with zero attached hydrogens (tertiary/aromatic N) is 1. The van der Waals surface area contributed by atoms with E-state index in [0.29, 0.717) is 10.6 Å². The lowest BCUT2D eigenvalue weighted by molar-refractivity contribution is -0.138. The average molecular weight is 419 g/mol. The first-order valence-corrected chi connectivity index (χ1v) is 9.11. The van der Waals surface area contributed by atoms with E-state index in [1.54, 1.807) is 12.1 Å². The van der Waals surface area contributed by atoms with E-state index in [9.17, 15) is 27.6 Å². The standard InChI is InChI=1S/C21H20F3N3O3/c1-12-6-4-9-16(13(12)2)25-17(28)11-27-18(29)20(3,26-19(27)30)14-7-5-8-15(10-14)21(22,23)24/h4-10H,11H2,1-3H3,(H,25,28)(H,26,30)/t20-/m1/s1. The van der Waals surface area contributed by atoms with E-state index in [2.05, 4.69) is 10.6 Å². The molecule has 2 N–H and O–H groups in total. The fourth-order valence-corrected chi connectivity index (χ4v) is 3.26. The Hall–Kier alpha value is -3.36. The van der Waals surface area contributed by atoms with Gasteiger partial charge in [0.1, 0.15) is 12.1 Å². The Morgan fingerprint density at radius 3 is 2.47 bits per heavy atom. The van der Waals surface area contributed by atoms with Crippen molar-refractivity contribution in [2.45, 2.75) is 32.5 Å². The first-order chi connectivity index (χ1) is 13.9. The number of carbonyl (C=O) groups is 3. The Morgan fingerprint density at radius 2 is 1.80 bits per heavy atom. The highest BCUT2D eigenvalue weighted by molar-refractivity contribution is 6.10. The van der Waals surface area contributed by atoms with Crippen molar-refractivity contribution in [3.05, 3.63) is 64.7 Å². The molecule has 0 aliphatic carbocycles. The number of imide groups is 1. The molecule has 1 aliphatic rings. The summed E-state index contributed by atoms with van der Waals surface area (Å²) in [6, 6.07) is 8.67. The van der Waals surface area contributed by atoms with E-state index in [-0.39, 0.29) is 5.56 Å². The fourth-order valence-electron chi connectivity index (χ4n) is 3.26. The van der Waals surface area contributed by atoms with Gasteiger partial charge in [-0.05, 0) is 55.7 Å². The predicted octanol–water partition coefficient (Wildman–Crippen LogP) is 3.73. The molecule has 9 heteroatoms. The third-order valence-corrected chi connectivity index (χ3v) is 5.22. The topological polar surface area (TPSA) is 78.5 Å². The molecule has 1 fully saturated rings. The van der Waals surface area contributed by atoms with Gasteiger partial charge >= 0.3 is 12.2 Å². The molecule has 3 rings (SSSR count). The summed E-state index contributed by atoms with van der Waals surface area (Å²) < 4.78 is 39.1. The molecule has 1 saturated heterocycles. The third kappa shape index (κ3) is 3.87. The van der Waals surface area contributed by atoms with Crippen molar-refractivity contribution in [2.24, 2.45) is 0 Å². The maximum absolute atomic E-state index is 13.0. The van der Waals surface area contributed by atoms with Gasteiger partial charge in [0.25, 0.3) is 5.91 Å². The molecule has 1 aliphatic heterocycles. The summed E-state index contributed by atoms with van der Waals surface area (Å²) in [6.45, 7) is 4.45. The minimum Gasteiger partial charge on any atom is -0.324 e. The van der Waals surface area contributed by atoms with Crippen molar-refractivity contribution < 1.29 is 27.6 Å². The zero-order valence-corrected chi connectivity index (χ0v) is 16.6. The van der Waals surface area contributed by atoms with Crippen LogP contribution in [0.4, 0.5) is 23.7 Å². The molecule has 1 heterocycles. The van der Waals surface area contributed by atoms with Crippen LogP contribution in [0, 0.1) is 13.8 Å². The van der Waals surface area contributed by atoms with E-state index >= 15 is 0 Å². The predicted molar refractivity (Wildman–Crippen MR) is 104 cm³/mol. The SMILES string of the molecule is Cc1cccc(NC(=O)CN2C(=O)N[C@](C)(c3cccc(C(F)(F)F)c3)C2=O)c1C. The molecule has 0 aromatic heterocycles. The second kappa shape index (κ2) is 7.47. The van der Waals surface area contributed by atoms with Crippen molar-refractivity contribution in [3.63, 3.8) is 0 Å². The largest absolute Gasteiger partial charge is 0.416 e. The molecule has 0 spiro atoms. The van der Waals surface area contributed by atoms with Gasteiger partial charge in [-0.1, -0.05) is 24.3 Å². The molecule has 6 nitrogen and oxygen atoms in total. The number of alkyl halides is 3. The van der Waals surface area contributed by atoms with Gasteiger partial charge in [-0.2, -0.15) is 13.2 Å². The van der Waals surface area contributed by atoms with E-state index < -0.39 is 41.7 Å². The Labute approximate surface area is 171 Å². The first kappa shape index (κ1) is 21.4. The van der Waals surface area contributed by atoms with Crippen LogP contribution in [0.3, 0.4) is 0 Å². The van der Waals surface area contributed by atoms with Gasteiger partial charge in [0, 0.05) is 5.69 Å². The number of rotatable bonds is 4. The lowest BCUT2D eigenvalue weighted by Crippen LogP contribution is -2.42. The number of aryl methyl sites for hydroxylation is 1. The number of amides is 4. The second-order valence-corrected chi connectivity index (χ2v) is 7.32. The van der Waals surface area contributed by atoms with Crippen LogP contribution in [0.15, 0.2) is 42.5 Å². The van der Waals surface area contributed by atoms with Crippen LogP contribution >= 0.6 is 0 Å². The normalized spacial score (nSPS) is 19.1. The molecule has 0 radical (unpaired) electrons. The lowest BCUT2D eigenvalue weighted by atomic mass is 9.90. The van der Waals surface area contributed by atoms with Crippen LogP contribution in [0.1, 0.15) is 29.2 Å². The van der Waals surface area contributed by atoms with Crippen LogP contribution in [0.2, 0.25) is 0 Å². The molecular formula is C21H20F3N3O3. The molecule has 30 heavy (non-hydrogen) atoms. The van der Waals surface area contributed by atoms with Gasteiger partial charge in [0.05, 0.1) is 5.56 Å². The summed E-state index contributed by atoms with van der Waals surface area (Å²) in [5, 5.41) is 5.06. The monoisotopic (exact) mass is 419 g/mol. The summed E-state index contributed by atoms with van der Waals surface area (Å²) in [4.78, 5) is 38.4. The third-order valence-electron chi connectivity index (χ3n) is 5.22. The molecule has 1 atom stereocenters. The van der Waals surface area contributed by atoms with E-state index in [1.807, 2.05) is 19.9 Å². The van der Waals surface area contributed by atoms with E-state index in [4.69, 9.17) is 0 Å². The highest BCUT2D eigenvalue weighted by atomic mass is 19.4. The van der Waals surface area contributed by atoms with Gasteiger partial charge in [0.2, 0.25) is 5.91 Å². The zero-order chi connectivity index (χ0) is 22.3. The molecule has 0 saturated carbocycles. The van der Waals surface area contributed by atoms with E-state index in [0.717, 1.165) is 23.3 Å². The number of nitrogens with one attached hydrogen (secondary N) is 2. The van der Waals surface area contributed by atoms with Gasteiger partial charge in [-0.25, -0.2) is 4.79 Å². The smallest absolute Gasteiger partial charge is 0.324 e. The molecule has 4 amide bonds. The number of carbonyl (C=O) groups excluding carboxylic acids is 3. The number of urea groups is 1. The van der Waals surface area contributed by atoms with Crippen LogP contribution < -0.4 is 10.6 Å². The van der Waals surface area contributed by atoms with Crippen molar-refractivity contribution in [2.75, 3.05) is 11.9 Å². The number of anilines is 1. The number of hydrogen-bond acceptors (Lipinski definition) is 3. The molecule has 2 aromatic rings. The second-order valence-electron chi connectivity index (χ2n) is 7.32. The van der Waals surface area contributed by atoms with Crippen LogP contribution in [0.25, 0.3) is 0 Å². The summed E-state index contributed by atoms with van der Waals surface area (Å²) in [5.74, 6) is -1.40.